The molecule has 76 valence electrons. The normalized spacial score (nSPS) is 17.8. The number of hydrogen-bond donors (Lipinski definition) is 2. The number of thioether (sulfide) groups is 1. The number of hydrogen-bond acceptors (Lipinski definition) is 4. The highest BCUT2D eigenvalue weighted by Crippen LogP contribution is 2.46. The van der Waals surface area contributed by atoms with Crippen LogP contribution in [0, 0.1) is 0 Å². The molecule has 1 heterocycles. The van der Waals surface area contributed by atoms with Crippen molar-refractivity contribution < 1.29 is 4.79 Å². The number of aromatic nitrogens is 3. The molecular formula is C8H12N4OS. The van der Waals surface area contributed by atoms with E-state index in [1.165, 1.54) is 19.2 Å². The highest BCUT2D eigenvalue weighted by Gasteiger charge is 2.42. The summed E-state index contributed by atoms with van der Waals surface area (Å²) >= 11 is 1.82. The summed E-state index contributed by atoms with van der Waals surface area (Å²) in [5.74, 6) is 0.102. The first-order valence-electron chi connectivity index (χ1n) is 4.44. The number of aromatic amines is 1. The van der Waals surface area contributed by atoms with E-state index < -0.39 is 0 Å². The van der Waals surface area contributed by atoms with Gasteiger partial charge in [0.2, 0.25) is 5.82 Å². The fourth-order valence-corrected chi connectivity index (χ4v) is 1.96. The number of nitrogens with zero attached hydrogens (tertiary/aromatic N) is 2. The van der Waals surface area contributed by atoms with Gasteiger partial charge in [-0.15, -0.1) is 0 Å². The number of amides is 1. The van der Waals surface area contributed by atoms with Gasteiger partial charge >= 0.3 is 0 Å². The molecule has 1 aliphatic carbocycles. The highest BCUT2D eigenvalue weighted by molar-refractivity contribution is 8.00. The molecule has 0 spiro atoms. The van der Waals surface area contributed by atoms with Crippen molar-refractivity contribution in [3.8, 4) is 0 Å². The lowest BCUT2D eigenvalue weighted by Crippen LogP contribution is -2.32. The monoisotopic (exact) mass is 212 g/mol. The van der Waals surface area contributed by atoms with E-state index in [1.54, 1.807) is 0 Å². The van der Waals surface area contributed by atoms with Gasteiger partial charge in [-0.3, -0.25) is 9.89 Å². The Morgan fingerprint density at radius 3 is 3.07 bits per heavy atom. The van der Waals surface area contributed by atoms with E-state index in [-0.39, 0.29) is 16.5 Å². The number of H-pyrrole nitrogens is 1. The molecule has 0 saturated heterocycles. The Kier molecular flexibility index (Phi) is 2.45. The van der Waals surface area contributed by atoms with E-state index in [1.807, 2.05) is 11.8 Å². The standard InChI is InChI=1S/C8H12N4OS/c1-14-8(2-3-8)4-9-7(13)6-10-5-11-12-6/h5H,2-4H2,1H3,(H,9,13)(H,10,11,12). The topological polar surface area (TPSA) is 70.7 Å². The molecule has 0 atom stereocenters. The predicted molar refractivity (Wildman–Crippen MR) is 54.2 cm³/mol. The van der Waals surface area contributed by atoms with Crippen molar-refractivity contribution in [2.24, 2.45) is 0 Å². The molecular weight excluding hydrogens is 200 g/mol. The van der Waals surface area contributed by atoms with Gasteiger partial charge in [0.15, 0.2) is 0 Å². The lowest BCUT2D eigenvalue weighted by atomic mass is 10.4. The Balaban J connectivity index is 1.84. The van der Waals surface area contributed by atoms with Gasteiger partial charge < -0.3 is 5.32 Å². The summed E-state index contributed by atoms with van der Waals surface area (Å²) in [7, 11) is 0. The van der Waals surface area contributed by atoms with Gasteiger partial charge in [0.25, 0.3) is 5.91 Å². The summed E-state index contributed by atoms with van der Waals surface area (Å²) < 4.78 is 0.287. The van der Waals surface area contributed by atoms with Gasteiger partial charge in [0.05, 0.1) is 0 Å². The molecule has 1 aromatic rings. The van der Waals surface area contributed by atoms with Gasteiger partial charge in [-0.05, 0) is 19.1 Å². The molecule has 1 fully saturated rings. The van der Waals surface area contributed by atoms with Crippen LogP contribution in [0.2, 0.25) is 0 Å². The Morgan fingerprint density at radius 1 is 1.79 bits per heavy atom. The fourth-order valence-electron chi connectivity index (χ4n) is 1.23. The molecule has 2 N–H and O–H groups in total. The molecule has 1 aromatic heterocycles. The molecule has 0 unspecified atom stereocenters. The highest BCUT2D eigenvalue weighted by atomic mass is 32.2. The summed E-state index contributed by atoms with van der Waals surface area (Å²) in [6, 6.07) is 0. The van der Waals surface area contributed by atoms with Crippen LogP contribution in [0.5, 0.6) is 0 Å². The molecule has 0 bridgehead atoms. The number of rotatable bonds is 4. The van der Waals surface area contributed by atoms with E-state index in [9.17, 15) is 4.79 Å². The van der Waals surface area contributed by atoms with E-state index >= 15 is 0 Å². The molecule has 0 radical (unpaired) electrons. The average molecular weight is 212 g/mol. The summed E-state index contributed by atoms with van der Waals surface area (Å²) in [4.78, 5) is 15.2. The third kappa shape index (κ3) is 1.89. The quantitative estimate of drug-likeness (QED) is 0.759. The Labute approximate surface area is 86.1 Å². The van der Waals surface area contributed by atoms with Crippen molar-refractivity contribution in [1.29, 1.82) is 0 Å². The minimum Gasteiger partial charge on any atom is -0.348 e. The molecule has 1 amide bonds. The van der Waals surface area contributed by atoms with Crippen molar-refractivity contribution in [3.05, 3.63) is 12.2 Å². The first-order chi connectivity index (χ1) is 6.76. The summed E-state index contributed by atoms with van der Waals surface area (Å²) in [5, 5.41) is 9.00. The fraction of sp³-hybridized carbons (Fsp3) is 0.625. The largest absolute Gasteiger partial charge is 0.348 e. The van der Waals surface area contributed by atoms with E-state index in [2.05, 4.69) is 26.8 Å². The van der Waals surface area contributed by atoms with Crippen molar-refractivity contribution in [2.45, 2.75) is 17.6 Å². The van der Waals surface area contributed by atoms with Crippen LogP contribution in [0.25, 0.3) is 0 Å². The second kappa shape index (κ2) is 3.61. The van der Waals surface area contributed by atoms with E-state index in [0.717, 1.165) is 0 Å². The number of carbonyl (C=O) groups excluding carboxylic acids is 1. The summed E-state index contributed by atoms with van der Waals surface area (Å²) in [5.41, 5.74) is 0. The lowest BCUT2D eigenvalue weighted by molar-refractivity contribution is 0.0943. The van der Waals surface area contributed by atoms with Gasteiger partial charge in [0, 0.05) is 11.3 Å². The van der Waals surface area contributed by atoms with E-state index in [4.69, 9.17) is 0 Å². The smallest absolute Gasteiger partial charge is 0.288 e. The van der Waals surface area contributed by atoms with Crippen molar-refractivity contribution in [1.82, 2.24) is 20.5 Å². The van der Waals surface area contributed by atoms with Crippen molar-refractivity contribution >= 4 is 17.7 Å². The SMILES string of the molecule is CSC1(CNC(=O)c2ncn[nH]2)CC1. The molecule has 14 heavy (non-hydrogen) atoms. The van der Waals surface area contributed by atoms with Gasteiger partial charge in [0.1, 0.15) is 6.33 Å². The van der Waals surface area contributed by atoms with Crippen LogP contribution in [-0.2, 0) is 0 Å². The molecule has 5 nitrogen and oxygen atoms in total. The van der Waals surface area contributed by atoms with Crippen LogP contribution in [-0.4, -0.2) is 38.6 Å². The maximum Gasteiger partial charge on any atom is 0.288 e. The zero-order chi connectivity index (χ0) is 10.0. The van der Waals surface area contributed by atoms with Crippen LogP contribution in [0.4, 0.5) is 0 Å². The second-order valence-electron chi connectivity index (χ2n) is 3.40. The van der Waals surface area contributed by atoms with Crippen molar-refractivity contribution in [2.75, 3.05) is 12.8 Å². The van der Waals surface area contributed by atoms with Gasteiger partial charge in [-0.2, -0.15) is 16.9 Å². The van der Waals surface area contributed by atoms with Crippen LogP contribution in [0.15, 0.2) is 6.33 Å². The van der Waals surface area contributed by atoms with Crippen LogP contribution in [0.1, 0.15) is 23.5 Å². The predicted octanol–water partition coefficient (Wildman–Crippen LogP) is 0.430. The van der Waals surface area contributed by atoms with Crippen LogP contribution < -0.4 is 5.32 Å². The number of carbonyl (C=O) groups is 1. The molecule has 6 heteroatoms. The van der Waals surface area contributed by atoms with Gasteiger partial charge in [-0.25, -0.2) is 4.98 Å². The third-order valence-electron chi connectivity index (χ3n) is 2.44. The third-order valence-corrected chi connectivity index (χ3v) is 3.86. The minimum absolute atomic E-state index is 0.178. The summed E-state index contributed by atoms with van der Waals surface area (Å²) in [6.07, 6.45) is 5.78. The minimum atomic E-state index is -0.178. The van der Waals surface area contributed by atoms with Gasteiger partial charge in [-0.1, -0.05) is 0 Å². The first-order valence-corrected chi connectivity index (χ1v) is 5.67. The molecule has 0 aliphatic heterocycles. The second-order valence-corrected chi connectivity index (χ2v) is 4.68. The maximum atomic E-state index is 11.4. The zero-order valence-electron chi connectivity index (χ0n) is 7.91. The maximum absolute atomic E-state index is 11.4. The molecule has 1 saturated carbocycles. The molecule has 2 rings (SSSR count). The van der Waals surface area contributed by atoms with Crippen LogP contribution >= 0.6 is 11.8 Å². The number of nitrogens with one attached hydrogen (secondary N) is 2. The average Bonchev–Trinajstić information content (AvgIpc) is 2.78. The van der Waals surface area contributed by atoms with Crippen molar-refractivity contribution in [3.63, 3.8) is 0 Å². The summed E-state index contributed by atoms with van der Waals surface area (Å²) in [6.45, 7) is 0.716. The first kappa shape index (κ1) is 9.51. The Morgan fingerprint density at radius 2 is 2.57 bits per heavy atom. The van der Waals surface area contributed by atoms with Crippen LogP contribution in [0.3, 0.4) is 0 Å². The Hall–Kier alpha value is -1.04. The molecule has 0 aromatic carbocycles. The lowest BCUT2D eigenvalue weighted by Gasteiger charge is -2.11. The molecule has 1 aliphatic rings. The Bertz CT molecular complexity index is 320. The zero-order valence-corrected chi connectivity index (χ0v) is 8.73. The van der Waals surface area contributed by atoms with E-state index in [0.29, 0.717) is 6.54 Å².